The highest BCUT2D eigenvalue weighted by Gasteiger charge is 2.51. The van der Waals surface area contributed by atoms with Gasteiger partial charge in [0.2, 0.25) is 0 Å². The van der Waals surface area contributed by atoms with Crippen molar-refractivity contribution in [3.05, 3.63) is 0 Å². The van der Waals surface area contributed by atoms with Crippen LogP contribution < -0.4 is 0 Å². The summed E-state index contributed by atoms with van der Waals surface area (Å²) in [6.45, 7) is 3.32. The van der Waals surface area contributed by atoms with Crippen LogP contribution in [-0.2, 0) is 4.79 Å². The standard InChI is InChI=1S/C13H21NO2/c1-8-5-10(6-8)14-7-9-3-2-4-11(9)12(14)13(15)16/h8-12H,2-7H2,1H3,(H,15,16). The summed E-state index contributed by atoms with van der Waals surface area (Å²) in [6, 6.07) is 0.409. The predicted octanol–water partition coefficient (Wildman–Crippen LogP) is 1.97. The predicted molar refractivity (Wildman–Crippen MR) is 61.1 cm³/mol. The molecule has 1 saturated heterocycles. The van der Waals surface area contributed by atoms with Gasteiger partial charge in [-0.25, -0.2) is 0 Å². The van der Waals surface area contributed by atoms with E-state index in [-0.39, 0.29) is 6.04 Å². The van der Waals surface area contributed by atoms with Crippen LogP contribution in [0.15, 0.2) is 0 Å². The van der Waals surface area contributed by atoms with Gasteiger partial charge in [0.1, 0.15) is 6.04 Å². The lowest BCUT2D eigenvalue weighted by Gasteiger charge is -2.42. The minimum Gasteiger partial charge on any atom is -0.480 e. The summed E-state index contributed by atoms with van der Waals surface area (Å²) in [5, 5.41) is 9.42. The highest BCUT2D eigenvalue weighted by Crippen LogP contribution is 2.46. The molecule has 3 heteroatoms. The van der Waals surface area contributed by atoms with Crippen molar-refractivity contribution >= 4 is 5.97 Å². The van der Waals surface area contributed by atoms with Gasteiger partial charge in [-0.1, -0.05) is 13.3 Å². The molecule has 0 aromatic carbocycles. The number of hydrogen-bond donors (Lipinski definition) is 1. The lowest BCUT2D eigenvalue weighted by atomic mass is 9.80. The van der Waals surface area contributed by atoms with Gasteiger partial charge in [-0.15, -0.1) is 0 Å². The van der Waals surface area contributed by atoms with Gasteiger partial charge in [-0.3, -0.25) is 9.69 Å². The molecule has 0 aromatic rings. The van der Waals surface area contributed by atoms with Crippen LogP contribution in [0.2, 0.25) is 0 Å². The lowest BCUT2D eigenvalue weighted by Crippen LogP contribution is -2.50. The number of fused-ring (bicyclic) bond motifs is 1. The first-order valence-corrected chi connectivity index (χ1v) is 6.65. The summed E-state index contributed by atoms with van der Waals surface area (Å²) in [7, 11) is 0. The minimum atomic E-state index is -0.575. The molecule has 0 amide bonds. The zero-order valence-electron chi connectivity index (χ0n) is 9.93. The maximum Gasteiger partial charge on any atom is 0.321 e. The summed E-state index contributed by atoms with van der Waals surface area (Å²) in [4.78, 5) is 13.8. The van der Waals surface area contributed by atoms with Crippen LogP contribution in [0, 0.1) is 17.8 Å². The molecule has 3 fully saturated rings. The van der Waals surface area contributed by atoms with E-state index in [0.29, 0.717) is 17.9 Å². The Morgan fingerprint density at radius 3 is 2.69 bits per heavy atom. The van der Waals surface area contributed by atoms with Gasteiger partial charge in [0.05, 0.1) is 0 Å². The summed E-state index contributed by atoms with van der Waals surface area (Å²) in [5.74, 6) is 1.36. The summed E-state index contributed by atoms with van der Waals surface area (Å²) in [5.41, 5.74) is 0. The van der Waals surface area contributed by atoms with Crippen LogP contribution in [0.1, 0.15) is 39.0 Å². The Kier molecular flexibility index (Phi) is 2.46. The molecule has 3 aliphatic rings. The Hall–Kier alpha value is -0.570. The molecule has 1 aliphatic heterocycles. The smallest absolute Gasteiger partial charge is 0.321 e. The van der Waals surface area contributed by atoms with Gasteiger partial charge in [0.25, 0.3) is 0 Å². The van der Waals surface area contributed by atoms with Crippen LogP contribution in [0.3, 0.4) is 0 Å². The highest BCUT2D eigenvalue weighted by molar-refractivity contribution is 5.74. The molecule has 3 unspecified atom stereocenters. The fourth-order valence-electron chi connectivity index (χ4n) is 4.17. The third kappa shape index (κ3) is 1.48. The Morgan fingerprint density at radius 2 is 2.06 bits per heavy atom. The van der Waals surface area contributed by atoms with E-state index in [1.807, 2.05) is 0 Å². The second-order valence-electron chi connectivity index (χ2n) is 6.07. The van der Waals surface area contributed by atoms with Gasteiger partial charge < -0.3 is 5.11 Å². The second kappa shape index (κ2) is 3.73. The fraction of sp³-hybridized carbons (Fsp3) is 0.923. The van der Waals surface area contributed by atoms with Gasteiger partial charge in [-0.2, -0.15) is 0 Å². The van der Waals surface area contributed by atoms with Crippen molar-refractivity contribution in [3.8, 4) is 0 Å². The van der Waals surface area contributed by atoms with Crippen LogP contribution in [0.4, 0.5) is 0 Å². The first-order chi connectivity index (χ1) is 7.66. The molecule has 1 heterocycles. The molecule has 3 rings (SSSR count). The number of hydrogen-bond acceptors (Lipinski definition) is 2. The molecule has 2 aliphatic carbocycles. The first kappa shape index (κ1) is 10.6. The second-order valence-corrected chi connectivity index (χ2v) is 6.07. The highest BCUT2D eigenvalue weighted by atomic mass is 16.4. The molecule has 90 valence electrons. The van der Waals surface area contributed by atoms with E-state index in [9.17, 15) is 9.90 Å². The Morgan fingerprint density at radius 1 is 1.31 bits per heavy atom. The van der Waals surface area contributed by atoms with Crippen LogP contribution in [-0.4, -0.2) is 34.6 Å². The third-order valence-electron chi connectivity index (χ3n) is 5.00. The average Bonchev–Trinajstić information content (AvgIpc) is 2.69. The summed E-state index contributed by atoms with van der Waals surface area (Å²) in [6.07, 6.45) is 6.06. The monoisotopic (exact) mass is 223 g/mol. The quantitative estimate of drug-likeness (QED) is 0.778. The maximum atomic E-state index is 11.4. The largest absolute Gasteiger partial charge is 0.480 e. The van der Waals surface area contributed by atoms with Crippen molar-refractivity contribution in [2.24, 2.45) is 17.8 Å². The van der Waals surface area contributed by atoms with Crippen molar-refractivity contribution in [1.29, 1.82) is 0 Å². The fourth-order valence-corrected chi connectivity index (χ4v) is 4.17. The normalized spacial score (nSPS) is 47.7. The molecule has 2 saturated carbocycles. The molecular formula is C13H21NO2. The number of carbonyl (C=O) groups is 1. The SMILES string of the molecule is CC1CC(N2CC3CCCC3C2C(=O)O)C1. The Labute approximate surface area is 96.8 Å². The van der Waals surface area contributed by atoms with E-state index in [2.05, 4.69) is 11.8 Å². The molecule has 0 aromatic heterocycles. The Bertz CT molecular complexity index is 298. The molecule has 0 radical (unpaired) electrons. The van der Waals surface area contributed by atoms with E-state index in [1.54, 1.807) is 0 Å². The minimum absolute atomic E-state index is 0.162. The van der Waals surface area contributed by atoms with E-state index in [0.717, 1.165) is 18.9 Å². The number of likely N-dealkylation sites (tertiary alicyclic amines) is 1. The van der Waals surface area contributed by atoms with Crippen LogP contribution in [0.5, 0.6) is 0 Å². The van der Waals surface area contributed by atoms with Crippen molar-refractivity contribution < 1.29 is 9.90 Å². The zero-order valence-corrected chi connectivity index (χ0v) is 9.93. The van der Waals surface area contributed by atoms with Crippen molar-refractivity contribution in [2.45, 2.75) is 51.1 Å². The van der Waals surface area contributed by atoms with Crippen LogP contribution in [0.25, 0.3) is 0 Å². The molecule has 3 atom stereocenters. The van der Waals surface area contributed by atoms with Crippen molar-refractivity contribution in [2.75, 3.05) is 6.54 Å². The van der Waals surface area contributed by atoms with E-state index in [1.165, 1.54) is 25.7 Å². The molecule has 16 heavy (non-hydrogen) atoms. The number of carboxylic acid groups (broad SMARTS) is 1. The number of aliphatic carboxylic acids is 1. The van der Waals surface area contributed by atoms with Crippen molar-refractivity contribution in [3.63, 3.8) is 0 Å². The number of carboxylic acids is 1. The summed E-state index contributed by atoms with van der Waals surface area (Å²) < 4.78 is 0. The number of nitrogens with zero attached hydrogens (tertiary/aromatic N) is 1. The first-order valence-electron chi connectivity index (χ1n) is 6.65. The Balaban J connectivity index is 1.75. The molecule has 0 spiro atoms. The maximum absolute atomic E-state index is 11.4. The third-order valence-corrected chi connectivity index (χ3v) is 5.00. The average molecular weight is 223 g/mol. The topological polar surface area (TPSA) is 40.5 Å². The lowest BCUT2D eigenvalue weighted by molar-refractivity contribution is -0.145. The van der Waals surface area contributed by atoms with Crippen molar-refractivity contribution in [1.82, 2.24) is 4.90 Å². The van der Waals surface area contributed by atoms with E-state index < -0.39 is 5.97 Å². The molecule has 0 bridgehead atoms. The van der Waals surface area contributed by atoms with Gasteiger partial charge >= 0.3 is 5.97 Å². The van der Waals surface area contributed by atoms with Gasteiger partial charge in [0.15, 0.2) is 0 Å². The van der Waals surface area contributed by atoms with Gasteiger partial charge in [0, 0.05) is 12.6 Å². The summed E-state index contributed by atoms with van der Waals surface area (Å²) >= 11 is 0. The molecular weight excluding hydrogens is 202 g/mol. The van der Waals surface area contributed by atoms with E-state index in [4.69, 9.17) is 0 Å². The van der Waals surface area contributed by atoms with Gasteiger partial charge in [-0.05, 0) is 43.4 Å². The molecule has 1 N–H and O–H groups in total. The zero-order chi connectivity index (χ0) is 11.3. The van der Waals surface area contributed by atoms with E-state index >= 15 is 0 Å². The molecule has 3 nitrogen and oxygen atoms in total. The van der Waals surface area contributed by atoms with Crippen LogP contribution >= 0.6 is 0 Å². The number of rotatable bonds is 2.